The lowest BCUT2D eigenvalue weighted by Crippen LogP contribution is -2.36. The predicted octanol–water partition coefficient (Wildman–Crippen LogP) is 2.49. The molecule has 1 aromatic heterocycles. The molecule has 1 unspecified atom stereocenters. The first kappa shape index (κ1) is 15.7. The maximum absolute atomic E-state index is 12.9. The van der Waals surface area contributed by atoms with Crippen LogP contribution in [0.4, 0.5) is 0 Å². The Morgan fingerprint density at radius 1 is 1.12 bits per heavy atom. The molecule has 128 valence electrons. The molecule has 1 aliphatic carbocycles. The monoisotopic (exact) mass is 335 g/mol. The van der Waals surface area contributed by atoms with E-state index in [0.717, 1.165) is 23.9 Å². The van der Waals surface area contributed by atoms with Gasteiger partial charge in [-0.1, -0.05) is 36.4 Å². The average molecular weight is 335 g/mol. The summed E-state index contributed by atoms with van der Waals surface area (Å²) in [6, 6.07) is 15.9. The number of likely N-dealkylation sites (N-methyl/N-ethyl adjacent to an activating group) is 1. The van der Waals surface area contributed by atoms with E-state index in [2.05, 4.69) is 12.1 Å². The summed E-state index contributed by atoms with van der Waals surface area (Å²) in [4.78, 5) is 27.2. The van der Waals surface area contributed by atoms with E-state index in [1.165, 1.54) is 11.1 Å². The zero-order valence-electron chi connectivity index (χ0n) is 14.5. The van der Waals surface area contributed by atoms with Crippen molar-refractivity contribution in [1.82, 2.24) is 14.0 Å². The maximum atomic E-state index is 12.9. The van der Waals surface area contributed by atoms with Gasteiger partial charge in [0.15, 0.2) is 0 Å². The molecule has 0 saturated heterocycles. The molecule has 0 N–H and O–H groups in total. The summed E-state index contributed by atoms with van der Waals surface area (Å²) in [5.41, 5.74) is 4.02. The standard InChI is InChI=1S/C20H21N3O2/c1-21(16-12-11-14-7-3-4-8-15(14)16)19(24)13-23-18-10-6-5-9-17(18)22(2)20(23)25/h3-10,16H,11-13H2,1-2H3. The van der Waals surface area contributed by atoms with E-state index in [1.807, 2.05) is 43.4 Å². The molecule has 5 nitrogen and oxygen atoms in total. The van der Waals surface area contributed by atoms with Gasteiger partial charge >= 0.3 is 5.69 Å². The molecular weight excluding hydrogens is 314 g/mol. The fourth-order valence-electron chi connectivity index (χ4n) is 3.87. The molecule has 0 fully saturated rings. The summed E-state index contributed by atoms with van der Waals surface area (Å²) in [6.07, 6.45) is 1.93. The lowest BCUT2D eigenvalue weighted by molar-refractivity contribution is -0.132. The van der Waals surface area contributed by atoms with Gasteiger partial charge in [0, 0.05) is 14.1 Å². The topological polar surface area (TPSA) is 47.2 Å². The van der Waals surface area contributed by atoms with Gasteiger partial charge in [-0.25, -0.2) is 4.79 Å². The van der Waals surface area contributed by atoms with E-state index < -0.39 is 0 Å². The smallest absolute Gasteiger partial charge is 0.329 e. The Bertz CT molecular complexity index is 1020. The Morgan fingerprint density at radius 2 is 1.80 bits per heavy atom. The zero-order chi connectivity index (χ0) is 17.6. The molecule has 1 heterocycles. The van der Waals surface area contributed by atoms with Crippen molar-refractivity contribution in [1.29, 1.82) is 0 Å². The highest BCUT2D eigenvalue weighted by atomic mass is 16.2. The minimum atomic E-state index is -0.158. The molecule has 0 spiro atoms. The highest BCUT2D eigenvalue weighted by Crippen LogP contribution is 2.34. The van der Waals surface area contributed by atoms with Crippen LogP contribution in [0.1, 0.15) is 23.6 Å². The Morgan fingerprint density at radius 3 is 2.60 bits per heavy atom. The summed E-state index contributed by atoms with van der Waals surface area (Å²) in [6.45, 7) is 0.0648. The summed E-state index contributed by atoms with van der Waals surface area (Å²) < 4.78 is 3.16. The van der Waals surface area contributed by atoms with Crippen molar-refractivity contribution in [2.45, 2.75) is 25.4 Å². The van der Waals surface area contributed by atoms with Gasteiger partial charge in [-0.15, -0.1) is 0 Å². The van der Waals surface area contributed by atoms with Gasteiger partial charge in [-0.3, -0.25) is 13.9 Å². The molecule has 0 bridgehead atoms. The van der Waals surface area contributed by atoms with E-state index in [-0.39, 0.29) is 24.2 Å². The van der Waals surface area contributed by atoms with Crippen molar-refractivity contribution < 1.29 is 4.79 Å². The molecule has 1 amide bonds. The molecular formula is C20H21N3O2. The van der Waals surface area contributed by atoms with Gasteiger partial charge in [-0.2, -0.15) is 0 Å². The van der Waals surface area contributed by atoms with E-state index in [4.69, 9.17) is 0 Å². The molecule has 25 heavy (non-hydrogen) atoms. The molecule has 3 aromatic rings. The summed E-state index contributed by atoms with van der Waals surface area (Å²) in [5, 5.41) is 0. The van der Waals surface area contributed by atoms with Gasteiger partial charge in [0.25, 0.3) is 0 Å². The highest BCUT2D eigenvalue weighted by molar-refractivity contribution is 5.81. The Hall–Kier alpha value is -2.82. The van der Waals surface area contributed by atoms with Crippen molar-refractivity contribution in [3.63, 3.8) is 0 Å². The van der Waals surface area contributed by atoms with Crippen LogP contribution in [-0.4, -0.2) is 27.0 Å². The number of para-hydroxylation sites is 2. The molecule has 4 rings (SSSR count). The van der Waals surface area contributed by atoms with Crippen LogP contribution in [0.2, 0.25) is 0 Å². The number of carbonyl (C=O) groups is 1. The van der Waals surface area contributed by atoms with Crippen LogP contribution in [0.5, 0.6) is 0 Å². The molecule has 1 atom stereocenters. The summed E-state index contributed by atoms with van der Waals surface area (Å²) >= 11 is 0. The minimum Gasteiger partial charge on any atom is -0.337 e. The lowest BCUT2D eigenvalue weighted by Gasteiger charge is -2.25. The number of aromatic nitrogens is 2. The first-order valence-electron chi connectivity index (χ1n) is 8.55. The number of benzene rings is 2. The Kier molecular flexibility index (Phi) is 3.71. The summed E-state index contributed by atoms with van der Waals surface area (Å²) in [7, 11) is 3.58. The number of carbonyl (C=O) groups excluding carboxylic acids is 1. The number of amides is 1. The number of imidazole rings is 1. The first-order chi connectivity index (χ1) is 12.1. The molecule has 0 radical (unpaired) electrons. The van der Waals surface area contributed by atoms with Gasteiger partial charge in [0.1, 0.15) is 6.54 Å². The van der Waals surface area contributed by atoms with E-state index >= 15 is 0 Å². The second-order valence-electron chi connectivity index (χ2n) is 6.67. The van der Waals surface area contributed by atoms with Crippen molar-refractivity contribution in [3.8, 4) is 0 Å². The Labute approximate surface area is 146 Å². The van der Waals surface area contributed by atoms with Gasteiger partial charge in [0.05, 0.1) is 17.1 Å². The number of rotatable bonds is 3. The highest BCUT2D eigenvalue weighted by Gasteiger charge is 2.28. The van der Waals surface area contributed by atoms with E-state index in [9.17, 15) is 9.59 Å². The van der Waals surface area contributed by atoms with Gasteiger partial charge in [0.2, 0.25) is 5.91 Å². The third-order valence-electron chi connectivity index (χ3n) is 5.31. The largest absolute Gasteiger partial charge is 0.337 e. The van der Waals surface area contributed by atoms with Crippen LogP contribution in [0.15, 0.2) is 53.3 Å². The number of hydrogen-bond donors (Lipinski definition) is 0. The first-order valence-corrected chi connectivity index (χ1v) is 8.55. The fraction of sp³-hybridized carbons (Fsp3) is 0.300. The van der Waals surface area contributed by atoms with Crippen LogP contribution < -0.4 is 5.69 Å². The lowest BCUT2D eigenvalue weighted by atomic mass is 10.1. The molecule has 5 heteroatoms. The van der Waals surface area contributed by atoms with Gasteiger partial charge in [-0.05, 0) is 36.1 Å². The average Bonchev–Trinajstić information content (AvgIpc) is 3.17. The van der Waals surface area contributed by atoms with Crippen LogP contribution in [0.3, 0.4) is 0 Å². The van der Waals surface area contributed by atoms with Crippen molar-refractivity contribution >= 4 is 16.9 Å². The second-order valence-corrected chi connectivity index (χ2v) is 6.67. The normalized spacial score (nSPS) is 16.2. The van der Waals surface area contributed by atoms with Gasteiger partial charge < -0.3 is 4.90 Å². The second kappa shape index (κ2) is 5.92. The molecule has 1 aliphatic rings. The third-order valence-corrected chi connectivity index (χ3v) is 5.31. The molecule has 2 aromatic carbocycles. The quantitative estimate of drug-likeness (QED) is 0.738. The SMILES string of the molecule is CN(C(=O)Cn1c(=O)n(C)c2ccccc21)C1CCc2ccccc21. The number of fused-ring (bicyclic) bond motifs is 2. The molecule has 0 aliphatic heterocycles. The van der Waals surface area contributed by atoms with E-state index in [0.29, 0.717) is 0 Å². The Balaban J connectivity index is 1.63. The zero-order valence-corrected chi connectivity index (χ0v) is 14.5. The third kappa shape index (κ3) is 2.47. The van der Waals surface area contributed by atoms with E-state index in [1.54, 1.807) is 21.1 Å². The van der Waals surface area contributed by atoms with Crippen molar-refractivity contribution in [2.24, 2.45) is 7.05 Å². The maximum Gasteiger partial charge on any atom is 0.329 e. The van der Waals surface area contributed by atoms with Crippen LogP contribution in [0, 0.1) is 0 Å². The van der Waals surface area contributed by atoms with Crippen molar-refractivity contribution in [2.75, 3.05) is 7.05 Å². The molecule has 0 saturated carbocycles. The number of hydrogen-bond acceptors (Lipinski definition) is 2. The number of nitrogens with zero attached hydrogens (tertiary/aromatic N) is 3. The fourth-order valence-corrected chi connectivity index (χ4v) is 3.87. The minimum absolute atomic E-state index is 0.0415. The predicted molar refractivity (Wildman–Crippen MR) is 97.5 cm³/mol. The van der Waals surface area contributed by atoms with Crippen LogP contribution >= 0.6 is 0 Å². The van der Waals surface area contributed by atoms with Crippen LogP contribution in [-0.2, 0) is 24.8 Å². The number of aryl methyl sites for hydroxylation is 2. The summed E-state index contributed by atoms with van der Waals surface area (Å²) in [5.74, 6) is -0.0415. The van der Waals surface area contributed by atoms with Crippen molar-refractivity contribution in [3.05, 3.63) is 70.1 Å². The van der Waals surface area contributed by atoms with Crippen LogP contribution in [0.25, 0.3) is 11.0 Å².